The van der Waals surface area contributed by atoms with Crippen molar-refractivity contribution < 1.29 is 19.4 Å². The van der Waals surface area contributed by atoms with Gasteiger partial charge < -0.3 is 19.6 Å². The molecule has 2 fully saturated rings. The number of benzene rings is 2. The van der Waals surface area contributed by atoms with Crippen LogP contribution in [0.5, 0.6) is 5.75 Å². The van der Waals surface area contributed by atoms with Gasteiger partial charge in [-0.3, -0.25) is 4.79 Å². The Bertz CT molecular complexity index is 1350. The summed E-state index contributed by atoms with van der Waals surface area (Å²) in [7, 11) is 1.63. The number of rotatable bonds is 8. The van der Waals surface area contributed by atoms with Crippen LogP contribution >= 0.6 is 15.9 Å². The molecule has 2 aliphatic rings. The maximum Gasteiger partial charge on any atom is 0.339 e. The molecule has 0 unspecified atom stereocenters. The molecule has 0 spiro atoms. The molecule has 204 valence electrons. The molecular weight excluding hydrogens is 560 g/mol. The van der Waals surface area contributed by atoms with Crippen molar-refractivity contribution in [2.24, 2.45) is 5.92 Å². The van der Waals surface area contributed by atoms with E-state index in [9.17, 15) is 14.7 Å². The fraction of sp³-hybridized carbons (Fsp3) is 0.400. The number of fused-ring (bicyclic) bond motifs is 1. The van der Waals surface area contributed by atoms with Crippen molar-refractivity contribution in [1.82, 2.24) is 14.9 Å². The molecule has 3 heterocycles. The highest BCUT2D eigenvalue weighted by Crippen LogP contribution is 2.33. The van der Waals surface area contributed by atoms with E-state index in [1.807, 2.05) is 53.4 Å². The monoisotopic (exact) mass is 592 g/mol. The third-order valence-electron chi connectivity index (χ3n) is 7.79. The number of carbonyl (C=O) groups is 2. The summed E-state index contributed by atoms with van der Waals surface area (Å²) in [6, 6.07) is 15.7. The average molecular weight is 594 g/mol. The molecule has 0 radical (unpaired) electrons. The third kappa shape index (κ3) is 6.24. The first-order valence-corrected chi connectivity index (χ1v) is 14.2. The van der Waals surface area contributed by atoms with Crippen LogP contribution in [0.4, 0.5) is 5.95 Å². The molecule has 5 rings (SSSR count). The van der Waals surface area contributed by atoms with Gasteiger partial charge >= 0.3 is 5.97 Å². The summed E-state index contributed by atoms with van der Waals surface area (Å²) in [6.07, 6.45) is 6.02. The molecule has 0 bridgehead atoms. The molecule has 1 N–H and O–H groups in total. The van der Waals surface area contributed by atoms with Gasteiger partial charge in [0.2, 0.25) is 11.9 Å². The summed E-state index contributed by atoms with van der Waals surface area (Å²) < 4.78 is 6.46. The van der Waals surface area contributed by atoms with E-state index < -0.39 is 5.97 Å². The number of likely N-dealkylation sites (tertiary alicyclic amines) is 1. The molecule has 2 aliphatic heterocycles. The van der Waals surface area contributed by atoms with E-state index in [0.29, 0.717) is 43.4 Å². The first-order valence-electron chi connectivity index (χ1n) is 13.4. The standard InChI is InChI=1S/C30H33BrN4O4/c1-39-27-11-3-2-8-21(27)16-28(36)35-14-5-4-9-22-18-34(19-26(22)35)30-32-17-24(29(37)38)25(33-30)13-12-20-7-6-10-23(31)15-20/h2-3,6-8,10-11,15,17,22,26H,4-5,9,12-14,16,18-19H2,1H3,(H,37,38)/t22-,26-/m1/s1. The van der Waals surface area contributed by atoms with E-state index in [4.69, 9.17) is 9.72 Å². The largest absolute Gasteiger partial charge is 0.496 e. The number of aryl methyl sites for hydroxylation is 2. The minimum Gasteiger partial charge on any atom is -0.496 e. The number of hydrogen-bond donors (Lipinski definition) is 1. The summed E-state index contributed by atoms with van der Waals surface area (Å²) in [4.78, 5) is 38.9. The van der Waals surface area contributed by atoms with Crippen LogP contribution in [0, 0.1) is 5.92 Å². The van der Waals surface area contributed by atoms with Gasteiger partial charge in [0.15, 0.2) is 0 Å². The lowest BCUT2D eigenvalue weighted by molar-refractivity contribution is -0.132. The molecule has 1 aromatic heterocycles. The van der Waals surface area contributed by atoms with Crippen LogP contribution in [-0.2, 0) is 24.1 Å². The fourth-order valence-electron chi connectivity index (χ4n) is 5.82. The highest BCUT2D eigenvalue weighted by molar-refractivity contribution is 9.10. The van der Waals surface area contributed by atoms with Gasteiger partial charge in [0.1, 0.15) is 5.75 Å². The maximum absolute atomic E-state index is 13.5. The smallest absolute Gasteiger partial charge is 0.339 e. The lowest BCUT2D eigenvalue weighted by Crippen LogP contribution is -2.45. The van der Waals surface area contributed by atoms with Crippen LogP contribution in [-0.4, -0.2) is 64.6 Å². The Balaban J connectivity index is 1.34. The van der Waals surface area contributed by atoms with Gasteiger partial charge in [-0.05, 0) is 55.4 Å². The normalized spacial score (nSPS) is 18.9. The number of methoxy groups -OCH3 is 1. The molecule has 9 heteroatoms. The zero-order valence-electron chi connectivity index (χ0n) is 22.1. The molecule has 2 atom stereocenters. The fourth-order valence-corrected chi connectivity index (χ4v) is 6.26. The van der Waals surface area contributed by atoms with E-state index in [-0.39, 0.29) is 17.5 Å². The number of nitrogens with zero attached hydrogens (tertiary/aromatic N) is 4. The molecule has 2 saturated heterocycles. The van der Waals surface area contributed by atoms with E-state index in [1.54, 1.807) is 7.11 Å². The number of carboxylic acids is 1. The predicted molar refractivity (Wildman–Crippen MR) is 152 cm³/mol. The van der Waals surface area contributed by atoms with Crippen molar-refractivity contribution in [2.75, 3.05) is 31.6 Å². The average Bonchev–Trinajstić information content (AvgIpc) is 3.25. The number of carboxylic acid groups (broad SMARTS) is 1. The molecule has 0 saturated carbocycles. The zero-order valence-corrected chi connectivity index (χ0v) is 23.6. The number of amides is 1. The number of aromatic nitrogens is 2. The van der Waals surface area contributed by atoms with Gasteiger partial charge in [0.05, 0.1) is 30.8 Å². The highest BCUT2D eigenvalue weighted by Gasteiger charge is 2.40. The van der Waals surface area contributed by atoms with Crippen molar-refractivity contribution in [3.8, 4) is 5.75 Å². The van der Waals surface area contributed by atoms with Gasteiger partial charge in [-0.15, -0.1) is 0 Å². The zero-order chi connectivity index (χ0) is 27.4. The molecule has 39 heavy (non-hydrogen) atoms. The second-order valence-corrected chi connectivity index (χ2v) is 11.2. The summed E-state index contributed by atoms with van der Waals surface area (Å²) >= 11 is 3.50. The quantitative estimate of drug-likeness (QED) is 0.401. The SMILES string of the molecule is COc1ccccc1CC(=O)N1CCCC[C@@H]2CN(c3ncc(C(=O)O)c(CCc4cccc(Br)c4)n3)C[C@H]21. The van der Waals surface area contributed by atoms with Gasteiger partial charge in [-0.25, -0.2) is 14.8 Å². The Morgan fingerprint density at radius 3 is 2.74 bits per heavy atom. The molecule has 1 amide bonds. The van der Waals surface area contributed by atoms with E-state index >= 15 is 0 Å². The maximum atomic E-state index is 13.5. The first kappa shape index (κ1) is 27.1. The Hall–Kier alpha value is -3.46. The molecule has 8 nitrogen and oxygen atoms in total. The Morgan fingerprint density at radius 1 is 1.10 bits per heavy atom. The van der Waals surface area contributed by atoms with Crippen molar-refractivity contribution in [2.45, 2.75) is 44.6 Å². The van der Waals surface area contributed by atoms with E-state index in [1.165, 1.54) is 6.20 Å². The van der Waals surface area contributed by atoms with Crippen molar-refractivity contribution in [3.63, 3.8) is 0 Å². The van der Waals surface area contributed by atoms with Crippen LogP contribution in [0.3, 0.4) is 0 Å². The van der Waals surface area contributed by atoms with Crippen LogP contribution in [0.2, 0.25) is 0 Å². The summed E-state index contributed by atoms with van der Waals surface area (Å²) in [6.45, 7) is 2.13. The highest BCUT2D eigenvalue weighted by atomic mass is 79.9. The predicted octanol–water partition coefficient (Wildman–Crippen LogP) is 4.79. The number of hydrogen-bond acceptors (Lipinski definition) is 6. The second kappa shape index (κ2) is 12.2. The number of aromatic carboxylic acids is 1. The topological polar surface area (TPSA) is 95.9 Å². The van der Waals surface area contributed by atoms with Crippen LogP contribution < -0.4 is 9.64 Å². The Labute approximate surface area is 237 Å². The van der Waals surface area contributed by atoms with Crippen molar-refractivity contribution in [1.29, 1.82) is 0 Å². The number of anilines is 1. The number of carbonyl (C=O) groups excluding carboxylic acids is 1. The van der Waals surface area contributed by atoms with E-state index in [2.05, 4.69) is 25.8 Å². The van der Waals surface area contributed by atoms with Crippen molar-refractivity contribution in [3.05, 3.63) is 81.6 Å². The van der Waals surface area contributed by atoms with Crippen LogP contribution in [0.15, 0.2) is 59.2 Å². The number of ether oxygens (including phenoxy) is 1. The van der Waals surface area contributed by atoms with E-state index in [0.717, 1.165) is 53.7 Å². The van der Waals surface area contributed by atoms with Crippen LogP contribution in [0.1, 0.15) is 46.4 Å². The van der Waals surface area contributed by atoms with Gasteiger partial charge in [-0.2, -0.15) is 0 Å². The molecule has 3 aromatic rings. The van der Waals surface area contributed by atoms with Gasteiger partial charge in [0.25, 0.3) is 0 Å². The Kier molecular flexibility index (Phi) is 8.45. The minimum absolute atomic E-state index is 0.0718. The third-order valence-corrected chi connectivity index (χ3v) is 8.29. The molecule has 2 aromatic carbocycles. The van der Waals surface area contributed by atoms with Gasteiger partial charge in [0, 0.05) is 35.9 Å². The van der Waals surface area contributed by atoms with Crippen molar-refractivity contribution >= 4 is 33.8 Å². The molecule has 0 aliphatic carbocycles. The van der Waals surface area contributed by atoms with Crippen LogP contribution in [0.25, 0.3) is 0 Å². The summed E-state index contributed by atoms with van der Waals surface area (Å²) in [5, 5.41) is 9.76. The summed E-state index contributed by atoms with van der Waals surface area (Å²) in [5.74, 6) is 0.671. The lowest BCUT2D eigenvalue weighted by atomic mass is 9.98. The molecular formula is C30H33BrN4O4. The number of halogens is 1. The minimum atomic E-state index is -1.02. The first-order chi connectivity index (χ1) is 18.9. The summed E-state index contributed by atoms with van der Waals surface area (Å²) in [5.41, 5.74) is 2.66. The number of para-hydroxylation sites is 1. The lowest BCUT2D eigenvalue weighted by Gasteiger charge is -2.30. The second-order valence-electron chi connectivity index (χ2n) is 10.3. The Morgan fingerprint density at radius 2 is 1.95 bits per heavy atom. The van der Waals surface area contributed by atoms with Gasteiger partial charge in [-0.1, -0.05) is 52.7 Å².